The number of nitrogen functional groups attached to an aromatic ring is 1. The molecule has 1 aliphatic rings. The van der Waals surface area contributed by atoms with E-state index in [1.165, 1.54) is 12.8 Å². The zero-order valence-electron chi connectivity index (χ0n) is 19.8. The highest BCUT2D eigenvalue weighted by Crippen LogP contribution is 2.40. The Labute approximate surface area is 211 Å². The molecule has 2 aromatic carbocycles. The summed E-state index contributed by atoms with van der Waals surface area (Å²) in [7, 11) is -2.11. The van der Waals surface area contributed by atoms with E-state index >= 15 is 0 Å². The molecule has 3 aromatic rings. The molecule has 0 unspecified atom stereocenters. The van der Waals surface area contributed by atoms with E-state index in [1.807, 2.05) is 6.07 Å². The maximum atomic E-state index is 12.4. The third kappa shape index (κ3) is 5.80. The SMILES string of the molecule is CCCS(=O)(=O)Nc1cc(-c2cc(-c3ccc(N4CCNCC4)cc3)cnc2N)cc(Cl)c1OC. The summed E-state index contributed by atoms with van der Waals surface area (Å²) in [4.78, 5) is 6.75. The molecular weight excluding hydrogens is 486 g/mol. The van der Waals surface area contributed by atoms with Crippen molar-refractivity contribution in [1.82, 2.24) is 10.3 Å². The van der Waals surface area contributed by atoms with Gasteiger partial charge in [0.25, 0.3) is 0 Å². The van der Waals surface area contributed by atoms with Gasteiger partial charge in [-0.15, -0.1) is 0 Å². The van der Waals surface area contributed by atoms with Crippen molar-refractivity contribution in [3.8, 4) is 28.0 Å². The third-order valence-electron chi connectivity index (χ3n) is 5.90. The number of hydrogen-bond acceptors (Lipinski definition) is 7. The third-order valence-corrected chi connectivity index (χ3v) is 7.66. The lowest BCUT2D eigenvalue weighted by molar-refractivity contribution is 0.417. The highest BCUT2D eigenvalue weighted by Gasteiger charge is 2.18. The van der Waals surface area contributed by atoms with Gasteiger partial charge in [-0.2, -0.15) is 0 Å². The standard InChI is InChI=1S/C25H30ClN5O3S/c1-3-12-35(32,33)30-23-15-18(14-22(26)24(23)34-2)21-13-19(16-29-25(21)27)17-4-6-20(7-5-17)31-10-8-28-9-11-31/h4-7,13-16,28,30H,3,8-12H2,1-2H3,(H2,27,29). The fourth-order valence-electron chi connectivity index (χ4n) is 4.17. The number of hydrogen-bond donors (Lipinski definition) is 3. The van der Waals surface area contributed by atoms with Crippen LogP contribution in [0, 0.1) is 0 Å². The van der Waals surface area contributed by atoms with Crippen molar-refractivity contribution in [2.75, 3.05) is 54.4 Å². The monoisotopic (exact) mass is 515 g/mol. The van der Waals surface area contributed by atoms with Crippen LogP contribution >= 0.6 is 11.6 Å². The number of nitrogens with zero attached hydrogens (tertiary/aromatic N) is 2. The van der Waals surface area contributed by atoms with Crippen LogP contribution in [0.15, 0.2) is 48.7 Å². The minimum absolute atomic E-state index is 0.0128. The highest BCUT2D eigenvalue weighted by atomic mass is 35.5. The molecule has 0 amide bonds. The minimum atomic E-state index is -3.55. The second kappa shape index (κ2) is 10.7. The zero-order chi connectivity index (χ0) is 25.0. The van der Waals surface area contributed by atoms with Crippen molar-refractivity contribution in [2.45, 2.75) is 13.3 Å². The second-order valence-corrected chi connectivity index (χ2v) is 10.6. The van der Waals surface area contributed by atoms with Crippen LogP contribution in [0.1, 0.15) is 13.3 Å². The van der Waals surface area contributed by atoms with Gasteiger partial charge in [-0.1, -0.05) is 30.7 Å². The number of anilines is 3. The van der Waals surface area contributed by atoms with Crippen LogP contribution in [0.4, 0.5) is 17.2 Å². The number of nitrogens with one attached hydrogen (secondary N) is 2. The summed E-state index contributed by atoms with van der Waals surface area (Å²) in [5.74, 6) is 0.553. The number of sulfonamides is 1. The average molecular weight is 516 g/mol. The van der Waals surface area contributed by atoms with E-state index in [-0.39, 0.29) is 22.2 Å². The lowest BCUT2D eigenvalue weighted by Crippen LogP contribution is -2.43. The quantitative estimate of drug-likeness (QED) is 0.412. The number of aromatic nitrogens is 1. The van der Waals surface area contributed by atoms with Gasteiger partial charge < -0.3 is 20.7 Å². The van der Waals surface area contributed by atoms with Crippen LogP contribution in [0.2, 0.25) is 5.02 Å². The van der Waals surface area contributed by atoms with Crippen molar-refractivity contribution < 1.29 is 13.2 Å². The summed E-state index contributed by atoms with van der Waals surface area (Å²) in [6.45, 7) is 5.72. The predicted octanol–water partition coefficient (Wildman–Crippen LogP) is 4.22. The molecule has 2 heterocycles. The van der Waals surface area contributed by atoms with Gasteiger partial charge in [-0.3, -0.25) is 4.72 Å². The topological polar surface area (TPSA) is 110 Å². The first-order chi connectivity index (χ1) is 16.8. The fourth-order valence-corrected chi connectivity index (χ4v) is 5.59. The average Bonchev–Trinajstić information content (AvgIpc) is 2.84. The number of piperazine rings is 1. The minimum Gasteiger partial charge on any atom is -0.493 e. The highest BCUT2D eigenvalue weighted by molar-refractivity contribution is 7.92. The Bertz CT molecular complexity index is 1290. The molecule has 0 radical (unpaired) electrons. The Hall–Kier alpha value is -3.01. The molecule has 0 bridgehead atoms. The first-order valence-electron chi connectivity index (χ1n) is 11.5. The Morgan fingerprint density at radius 2 is 1.83 bits per heavy atom. The molecule has 0 saturated carbocycles. The number of nitrogens with two attached hydrogens (primary N) is 1. The molecule has 1 aromatic heterocycles. The van der Waals surface area contributed by atoms with Crippen molar-refractivity contribution in [3.05, 3.63) is 53.7 Å². The summed E-state index contributed by atoms with van der Waals surface area (Å²) < 4.78 is 32.8. The van der Waals surface area contributed by atoms with Crippen molar-refractivity contribution >= 4 is 38.8 Å². The van der Waals surface area contributed by atoms with Gasteiger partial charge in [0.1, 0.15) is 5.82 Å². The summed E-state index contributed by atoms with van der Waals surface area (Å²) in [5, 5.41) is 3.63. The maximum Gasteiger partial charge on any atom is 0.232 e. The molecule has 4 rings (SSSR count). The van der Waals surface area contributed by atoms with E-state index < -0.39 is 10.0 Å². The molecule has 10 heteroatoms. The number of methoxy groups -OCH3 is 1. The number of rotatable bonds is 8. The molecule has 1 aliphatic heterocycles. The van der Waals surface area contributed by atoms with E-state index in [4.69, 9.17) is 22.1 Å². The second-order valence-electron chi connectivity index (χ2n) is 8.40. The van der Waals surface area contributed by atoms with Crippen LogP contribution in [0.3, 0.4) is 0 Å². The van der Waals surface area contributed by atoms with Gasteiger partial charge in [0.15, 0.2) is 5.75 Å². The molecule has 8 nitrogen and oxygen atoms in total. The van der Waals surface area contributed by atoms with E-state index in [0.717, 1.165) is 37.3 Å². The molecular formula is C25H30ClN5O3S. The van der Waals surface area contributed by atoms with Gasteiger partial charge in [-0.05, 0) is 47.9 Å². The van der Waals surface area contributed by atoms with Crippen molar-refractivity contribution in [1.29, 1.82) is 0 Å². The molecule has 35 heavy (non-hydrogen) atoms. The van der Waals surface area contributed by atoms with Crippen LogP contribution in [-0.2, 0) is 10.0 Å². The molecule has 4 N–H and O–H groups in total. The fraction of sp³-hybridized carbons (Fsp3) is 0.320. The summed E-state index contributed by atoms with van der Waals surface area (Å²) in [6, 6.07) is 13.7. The number of benzene rings is 2. The normalized spacial score (nSPS) is 14.1. The van der Waals surface area contributed by atoms with Gasteiger partial charge in [-0.25, -0.2) is 13.4 Å². The largest absolute Gasteiger partial charge is 0.493 e. The lowest BCUT2D eigenvalue weighted by atomic mass is 10.00. The van der Waals surface area contributed by atoms with Gasteiger partial charge in [0, 0.05) is 49.2 Å². The summed E-state index contributed by atoms with van der Waals surface area (Å²) in [5.41, 5.74) is 10.8. The Morgan fingerprint density at radius 1 is 1.11 bits per heavy atom. The van der Waals surface area contributed by atoms with E-state index in [2.05, 4.69) is 44.2 Å². The zero-order valence-corrected chi connectivity index (χ0v) is 21.4. The maximum absolute atomic E-state index is 12.4. The number of ether oxygens (including phenoxy) is 1. The Balaban J connectivity index is 1.69. The molecule has 0 aliphatic carbocycles. The molecule has 186 valence electrons. The first-order valence-corrected chi connectivity index (χ1v) is 13.5. The number of pyridine rings is 1. The number of halogens is 1. The molecule has 0 spiro atoms. The van der Waals surface area contributed by atoms with E-state index in [9.17, 15) is 8.42 Å². The van der Waals surface area contributed by atoms with Gasteiger partial charge in [0.2, 0.25) is 10.0 Å². The van der Waals surface area contributed by atoms with Crippen molar-refractivity contribution in [2.24, 2.45) is 0 Å². The lowest BCUT2D eigenvalue weighted by Gasteiger charge is -2.29. The Morgan fingerprint density at radius 3 is 2.49 bits per heavy atom. The van der Waals surface area contributed by atoms with Gasteiger partial charge >= 0.3 is 0 Å². The van der Waals surface area contributed by atoms with Crippen LogP contribution in [0.5, 0.6) is 5.75 Å². The molecule has 0 atom stereocenters. The van der Waals surface area contributed by atoms with Crippen LogP contribution in [0.25, 0.3) is 22.3 Å². The smallest absolute Gasteiger partial charge is 0.232 e. The van der Waals surface area contributed by atoms with Crippen LogP contribution < -0.4 is 25.4 Å². The molecule has 1 saturated heterocycles. The summed E-state index contributed by atoms with van der Waals surface area (Å²) in [6.07, 6.45) is 2.21. The predicted molar refractivity (Wildman–Crippen MR) is 144 cm³/mol. The van der Waals surface area contributed by atoms with Gasteiger partial charge in [0.05, 0.1) is 23.6 Å². The van der Waals surface area contributed by atoms with Crippen LogP contribution in [-0.4, -0.2) is 52.4 Å². The summed E-state index contributed by atoms with van der Waals surface area (Å²) >= 11 is 6.46. The van der Waals surface area contributed by atoms with E-state index in [1.54, 1.807) is 25.3 Å². The van der Waals surface area contributed by atoms with E-state index in [0.29, 0.717) is 23.4 Å². The first kappa shape index (κ1) is 25.1. The Kier molecular flexibility index (Phi) is 7.69. The van der Waals surface area contributed by atoms with Crippen molar-refractivity contribution in [3.63, 3.8) is 0 Å². The molecule has 1 fully saturated rings.